The highest BCUT2D eigenvalue weighted by Crippen LogP contribution is 2.66. The molecule has 0 bridgehead atoms. The molecule has 0 atom stereocenters. The van der Waals surface area contributed by atoms with Crippen molar-refractivity contribution in [3.63, 3.8) is 0 Å². The minimum Gasteiger partial charge on any atom is -0.327 e. The molecule has 0 saturated heterocycles. The Morgan fingerprint density at radius 3 is 0.527 bits per heavy atom. The molecule has 0 spiro atoms. The first kappa shape index (κ1) is 49.8. The number of alkyl halides is 34. The molecule has 0 heterocycles. The number of carbonyl (C=O) groups excluding carboxylic acids is 2. The van der Waals surface area contributed by atoms with E-state index in [0.29, 0.717) is 0 Å². The maximum absolute atomic E-state index is 13.9. The van der Waals surface area contributed by atoms with Gasteiger partial charge in [-0.2, -0.15) is 151 Å². The van der Waals surface area contributed by atoms with Crippen molar-refractivity contribution < 1.29 is 160 Å². The van der Waals surface area contributed by atoms with Gasteiger partial charge in [0, 0.05) is 0 Å². The minimum absolute atomic E-state index is 5.20. The summed E-state index contributed by atoms with van der Waals surface area (Å²) in [6, 6.07) is 0. The topological polar surface area (TPSA) is 34.1 Å². The minimum atomic E-state index is -9.61. The fourth-order valence-electron chi connectivity index (χ4n) is 2.87. The molecule has 0 aliphatic rings. The van der Waals surface area contributed by atoms with Gasteiger partial charge in [0.2, 0.25) is 0 Å². The van der Waals surface area contributed by atoms with E-state index in [1.54, 1.807) is 0 Å². The first-order valence-electron chi connectivity index (χ1n) is 11.8. The summed E-state index contributed by atoms with van der Waals surface area (Å²) in [6.07, 6.45) is -21.8. The maximum atomic E-state index is 13.9. The highest BCUT2D eigenvalue weighted by molar-refractivity contribution is 6.16. The van der Waals surface area contributed by atoms with E-state index in [1.807, 2.05) is 0 Å². The van der Waals surface area contributed by atoms with Gasteiger partial charge in [0.15, 0.2) is 0 Å². The summed E-state index contributed by atoms with van der Waals surface area (Å²) >= 11 is 0. The summed E-state index contributed by atoms with van der Waals surface area (Å²) in [5.74, 6) is -142. The largest absolute Gasteiger partial charge is 0.460 e. The van der Waals surface area contributed by atoms with E-state index in [0.717, 1.165) is 0 Å². The molecule has 0 N–H and O–H groups in total. The number of rotatable bonds is 16. The number of hydrogen-bond donors (Lipinski definition) is 0. The Morgan fingerprint density at radius 2 is 0.382 bits per heavy atom. The van der Waals surface area contributed by atoms with Crippen LogP contribution in [0.3, 0.4) is 0 Å². The third-order valence-corrected chi connectivity index (χ3v) is 6.24. The predicted molar refractivity (Wildman–Crippen MR) is 95.7 cm³/mol. The molecular weight excluding hydrogens is 906 g/mol. The molecule has 0 saturated carbocycles. The average molecular weight is 908 g/mol. The van der Waals surface area contributed by atoms with E-state index in [2.05, 4.69) is 0 Å². The van der Waals surface area contributed by atoms with Crippen LogP contribution in [-0.2, 0) is 9.59 Å². The second-order valence-electron chi connectivity index (χ2n) is 9.82. The van der Waals surface area contributed by atoms with Crippen LogP contribution in [0.25, 0.3) is 0 Å². The first-order valence-corrected chi connectivity index (χ1v) is 11.3. The van der Waals surface area contributed by atoms with Crippen LogP contribution in [-0.4, -0.2) is 107 Å². The number of halogens is 34. The van der Waals surface area contributed by atoms with Gasteiger partial charge < -0.3 is 9.59 Å². The van der Waals surface area contributed by atoms with Gasteiger partial charge >= 0.3 is 95.3 Å². The zero-order valence-corrected chi connectivity index (χ0v) is 23.2. The molecule has 0 unspecified atom stereocenters. The van der Waals surface area contributed by atoms with Crippen LogP contribution in [0.5, 0.6) is 0 Å². The molecule has 2 nitrogen and oxygen atoms in total. The highest BCUT2D eigenvalue weighted by Gasteiger charge is 2.97. The van der Waals surface area contributed by atoms with E-state index >= 15 is 0 Å². The molecule has 0 aromatic carbocycles. The van der Waals surface area contributed by atoms with Gasteiger partial charge in [-0.15, -0.1) is 0 Å². The second-order valence-corrected chi connectivity index (χ2v) is 9.82. The Hall–Kier alpha value is -3.17. The number of Topliss-reactive ketones (excluding diaryl/α,β-unsaturated/α-hetero) is 2. The van der Waals surface area contributed by atoms with Gasteiger partial charge in [0.05, 0.1) is 11.6 Å². The van der Waals surface area contributed by atoms with Crippen molar-refractivity contribution in [2.24, 2.45) is 0 Å². The molecule has 55 heavy (non-hydrogen) atoms. The SMILES string of the molecule is [2H][C-](C(=O)C(F)(F)C(F)(F)C(F)(F)C(F)(F)C(F)(F)C(F)(F)C(F)(F)C(F)(F)F)C(=O)C(F)(F)C(F)(F)C(F)(F)C(F)(F)C(F)(F)C(F)(F)C(F)(F)C(F)(F)F. The average Bonchev–Trinajstić information content (AvgIpc) is 2.97. The van der Waals surface area contributed by atoms with Gasteiger partial charge in [0.1, 0.15) is 0 Å². The van der Waals surface area contributed by atoms with Crippen LogP contribution in [0.2, 0.25) is 0 Å². The van der Waals surface area contributed by atoms with Gasteiger partial charge in [-0.3, -0.25) is 0 Å². The van der Waals surface area contributed by atoms with Gasteiger partial charge in [0.25, 0.3) is 0 Å². The molecule has 0 radical (unpaired) electrons. The summed E-state index contributed by atoms with van der Waals surface area (Å²) < 4.78 is 457. The lowest BCUT2D eigenvalue weighted by Crippen LogP contribution is -2.75. The van der Waals surface area contributed by atoms with Crippen molar-refractivity contribution >= 4 is 11.6 Å². The third-order valence-electron chi connectivity index (χ3n) is 6.24. The molecule has 0 fully saturated rings. The zero-order valence-electron chi connectivity index (χ0n) is 24.2. The molecule has 36 heteroatoms. The monoisotopic (exact) mass is 908 g/mol. The molecule has 328 valence electrons. The summed E-state index contributed by atoms with van der Waals surface area (Å²) in [7, 11) is 0. The van der Waals surface area contributed by atoms with E-state index in [1.165, 1.54) is 0 Å². The van der Waals surface area contributed by atoms with Gasteiger partial charge in [-0.05, 0) is 0 Å². The zero-order chi connectivity index (χ0) is 46.7. The van der Waals surface area contributed by atoms with E-state index in [4.69, 9.17) is 1.37 Å². The molecule has 0 aliphatic heterocycles. The standard InChI is InChI=1S/C19HF34O2/c20-4(21,6(24,25)8(28,29)10(32,33)12(36,37)14(40,41)16(44,45)18(48,49)50)2(54)1-3(55)5(22,23)7(26,27)9(30,31)11(34,35)13(38,39)15(42,43)17(46,47)19(51,52)53/h1H/q-1/i1D. The van der Waals surface area contributed by atoms with Crippen LogP contribution in [0.1, 0.15) is 1.37 Å². The lowest BCUT2D eigenvalue weighted by atomic mass is 9.85. The van der Waals surface area contributed by atoms with Crippen LogP contribution >= 0.6 is 0 Å². The second kappa shape index (κ2) is 12.7. The Morgan fingerprint density at radius 1 is 0.255 bits per heavy atom. The molecule has 0 aromatic rings. The fraction of sp³-hybridized carbons (Fsp3) is 0.842. The van der Waals surface area contributed by atoms with Crippen molar-refractivity contribution in [3.05, 3.63) is 6.40 Å². The highest BCUT2D eigenvalue weighted by atomic mass is 19.4. The van der Waals surface area contributed by atoms with Crippen molar-refractivity contribution in [2.45, 2.75) is 95.3 Å². The first-order chi connectivity index (χ1) is 23.5. The van der Waals surface area contributed by atoms with Crippen molar-refractivity contribution in [1.82, 2.24) is 0 Å². The van der Waals surface area contributed by atoms with E-state index in [9.17, 15) is 159 Å². The Kier molecular flexibility index (Phi) is 11.5. The maximum Gasteiger partial charge on any atom is 0.460 e. The molecule has 0 aliphatic carbocycles. The summed E-state index contributed by atoms with van der Waals surface area (Å²) in [4.78, 5) is 22.6. The van der Waals surface area contributed by atoms with Crippen molar-refractivity contribution in [1.29, 1.82) is 0 Å². The quantitative estimate of drug-likeness (QED) is 0.0879. The van der Waals surface area contributed by atoms with Crippen LogP contribution in [0, 0.1) is 6.40 Å². The molecule has 0 amide bonds. The third kappa shape index (κ3) is 6.29. The van der Waals surface area contributed by atoms with E-state index < -0.39 is 113 Å². The van der Waals surface area contributed by atoms with Crippen molar-refractivity contribution in [2.75, 3.05) is 0 Å². The molecule has 0 rings (SSSR count). The number of ketones is 2. The van der Waals surface area contributed by atoms with Gasteiger partial charge in [-0.1, -0.05) is 0 Å². The molecular formula is C19HF34O2-. The molecule has 0 aromatic heterocycles. The number of hydrogen-bond acceptors (Lipinski definition) is 2. The van der Waals surface area contributed by atoms with E-state index in [-0.39, 0.29) is 0 Å². The Bertz CT molecular complexity index is 1380. The van der Waals surface area contributed by atoms with Crippen LogP contribution in [0.4, 0.5) is 149 Å². The normalized spacial score (nSPS) is 16.9. The van der Waals surface area contributed by atoms with Crippen LogP contribution < -0.4 is 0 Å². The van der Waals surface area contributed by atoms with Crippen LogP contribution in [0.15, 0.2) is 0 Å². The lowest BCUT2D eigenvalue weighted by Gasteiger charge is -2.44. The predicted octanol–water partition coefficient (Wildman–Crippen LogP) is 10.3. The smallest absolute Gasteiger partial charge is 0.327 e. The van der Waals surface area contributed by atoms with Gasteiger partial charge in [-0.25, -0.2) is 6.40 Å². The Balaban J connectivity index is 7.37. The Labute approximate surface area is 275 Å². The summed E-state index contributed by atoms with van der Waals surface area (Å²) in [5.41, 5.74) is 0. The number of carbonyl (C=O) groups is 2. The summed E-state index contributed by atoms with van der Waals surface area (Å²) in [6.45, 7) is 0. The van der Waals surface area contributed by atoms with Crippen molar-refractivity contribution in [3.8, 4) is 0 Å². The fourth-order valence-corrected chi connectivity index (χ4v) is 2.87. The summed E-state index contributed by atoms with van der Waals surface area (Å²) in [5, 5.41) is 0. The lowest BCUT2D eigenvalue weighted by molar-refractivity contribution is -0.459.